The Labute approximate surface area is 225 Å². The summed E-state index contributed by atoms with van der Waals surface area (Å²) in [6.07, 6.45) is 5.29. The number of nitrogens with zero attached hydrogens (tertiary/aromatic N) is 5. The summed E-state index contributed by atoms with van der Waals surface area (Å²) in [5, 5.41) is 5.43. The highest BCUT2D eigenvalue weighted by Crippen LogP contribution is 2.40. The van der Waals surface area contributed by atoms with Gasteiger partial charge in [0.2, 0.25) is 0 Å². The molecule has 8 nitrogen and oxygen atoms in total. The van der Waals surface area contributed by atoms with Crippen molar-refractivity contribution in [1.29, 1.82) is 0 Å². The van der Waals surface area contributed by atoms with Crippen molar-refractivity contribution >= 4 is 34.2 Å². The smallest absolute Gasteiger partial charge is 0.255 e. The average molecular weight is 527 g/mol. The fraction of sp³-hybridized carbons (Fsp3) is 0.310. The van der Waals surface area contributed by atoms with Gasteiger partial charge in [-0.25, -0.2) is 4.98 Å². The number of carbonyl (C=O) groups excluding carboxylic acids is 1. The summed E-state index contributed by atoms with van der Waals surface area (Å²) in [5.74, 6) is 6.62. The van der Waals surface area contributed by atoms with Crippen LogP contribution in [0.5, 0.6) is 0 Å². The quantitative estimate of drug-likeness (QED) is 0.387. The number of hydrogen-bond donors (Lipinski definition) is 1. The third-order valence-electron chi connectivity index (χ3n) is 7.35. The van der Waals surface area contributed by atoms with Crippen LogP contribution in [0.3, 0.4) is 0 Å². The maximum absolute atomic E-state index is 13.8. The third kappa shape index (κ3) is 4.38. The number of nitrogens with two attached hydrogens (primary N) is 1. The van der Waals surface area contributed by atoms with E-state index < -0.39 is 0 Å². The molecule has 1 amide bonds. The lowest BCUT2D eigenvalue weighted by atomic mass is 10.00. The first-order valence-corrected chi connectivity index (χ1v) is 13.0. The molecule has 0 radical (unpaired) electrons. The van der Waals surface area contributed by atoms with E-state index in [9.17, 15) is 4.79 Å². The second kappa shape index (κ2) is 9.43. The number of amides is 1. The highest BCUT2D eigenvalue weighted by molar-refractivity contribution is 6.34. The van der Waals surface area contributed by atoms with E-state index in [4.69, 9.17) is 22.1 Å². The number of carbonyl (C=O) groups is 1. The topological polar surface area (TPSA) is 99.2 Å². The van der Waals surface area contributed by atoms with E-state index in [1.807, 2.05) is 44.0 Å². The van der Waals surface area contributed by atoms with Crippen LogP contribution >= 0.6 is 11.6 Å². The van der Waals surface area contributed by atoms with E-state index in [-0.39, 0.29) is 18.1 Å². The Balaban J connectivity index is 1.27. The largest absolute Gasteiger partial charge is 0.383 e. The minimum atomic E-state index is -0.133. The molecule has 1 aliphatic heterocycles. The SMILES string of the molecule is Cc1c(C#Cc2ccc(CN(C(=O)c3cc4c5c(c(N)nc4cc3Cl)C(C)OC5)C3CC3)nc2)cnn1C. The van der Waals surface area contributed by atoms with Crippen LogP contribution in [0.25, 0.3) is 10.9 Å². The first-order chi connectivity index (χ1) is 18.3. The van der Waals surface area contributed by atoms with Crippen molar-refractivity contribution < 1.29 is 9.53 Å². The molecule has 1 aliphatic carbocycles. The Bertz CT molecular complexity index is 1650. The Morgan fingerprint density at radius 3 is 2.76 bits per heavy atom. The van der Waals surface area contributed by atoms with Crippen LogP contribution in [-0.4, -0.2) is 36.6 Å². The molecule has 1 unspecified atom stereocenters. The molecular weight excluding hydrogens is 500 g/mol. The van der Waals surface area contributed by atoms with Crippen LogP contribution in [0.1, 0.15) is 69.9 Å². The average Bonchev–Trinajstić information content (AvgIpc) is 3.60. The number of hydrogen-bond acceptors (Lipinski definition) is 6. The van der Waals surface area contributed by atoms with Crippen molar-refractivity contribution in [3.05, 3.63) is 80.9 Å². The minimum Gasteiger partial charge on any atom is -0.383 e. The van der Waals surface area contributed by atoms with E-state index in [1.165, 1.54) is 0 Å². The van der Waals surface area contributed by atoms with E-state index in [0.717, 1.165) is 51.9 Å². The van der Waals surface area contributed by atoms with Crippen molar-refractivity contribution in [3.8, 4) is 11.8 Å². The number of anilines is 1. The van der Waals surface area contributed by atoms with Crippen molar-refractivity contribution in [3.63, 3.8) is 0 Å². The molecular formula is C29H27ClN6O2. The Kier molecular flexibility index (Phi) is 6.05. The fourth-order valence-electron chi connectivity index (χ4n) is 4.89. The molecule has 2 N–H and O–H groups in total. The van der Waals surface area contributed by atoms with Gasteiger partial charge in [0.25, 0.3) is 5.91 Å². The van der Waals surface area contributed by atoms with E-state index in [0.29, 0.717) is 35.1 Å². The van der Waals surface area contributed by atoms with E-state index >= 15 is 0 Å². The minimum absolute atomic E-state index is 0.116. The van der Waals surface area contributed by atoms with Crippen LogP contribution in [0.4, 0.5) is 5.82 Å². The van der Waals surface area contributed by atoms with Crippen molar-refractivity contribution in [2.75, 3.05) is 5.73 Å². The Morgan fingerprint density at radius 2 is 2.08 bits per heavy atom. The molecule has 2 aliphatic rings. The van der Waals surface area contributed by atoms with Crippen molar-refractivity contribution in [2.45, 2.75) is 52.0 Å². The first kappa shape index (κ1) is 24.4. The lowest BCUT2D eigenvalue weighted by Crippen LogP contribution is -2.33. The standard InChI is InChI=1S/C29H27ClN6O2/c1-16-19(13-33-35(16)3)6-4-18-5-7-20(32-12-18)14-36(21-8-9-21)29(37)23-10-22-24-15-38-17(2)27(24)28(31)34-26(22)11-25(23)30/h5,7,10-13,17,21H,8-9,14-15H2,1-3H3,(H2,31,34). The summed E-state index contributed by atoms with van der Waals surface area (Å²) < 4.78 is 7.60. The molecule has 192 valence electrons. The van der Waals surface area contributed by atoms with Gasteiger partial charge in [-0.1, -0.05) is 23.4 Å². The van der Waals surface area contributed by atoms with Crippen LogP contribution < -0.4 is 5.73 Å². The van der Waals surface area contributed by atoms with Gasteiger partial charge in [0, 0.05) is 35.8 Å². The second-order valence-electron chi connectivity index (χ2n) is 9.91. The number of benzene rings is 1. The number of halogens is 1. The van der Waals surface area contributed by atoms with Crippen molar-refractivity contribution in [1.82, 2.24) is 24.6 Å². The number of ether oxygens (including phenoxy) is 1. The van der Waals surface area contributed by atoms with Gasteiger partial charge < -0.3 is 15.4 Å². The highest BCUT2D eigenvalue weighted by Gasteiger charge is 2.35. The van der Waals surface area contributed by atoms with E-state index in [2.05, 4.69) is 26.9 Å². The summed E-state index contributed by atoms with van der Waals surface area (Å²) in [6, 6.07) is 7.59. The molecule has 4 aromatic rings. The lowest BCUT2D eigenvalue weighted by molar-refractivity contribution is 0.0727. The summed E-state index contributed by atoms with van der Waals surface area (Å²) in [7, 11) is 1.89. The predicted octanol–water partition coefficient (Wildman–Crippen LogP) is 4.70. The number of aromatic nitrogens is 4. The molecule has 6 rings (SSSR count). The summed E-state index contributed by atoms with van der Waals surface area (Å²) in [4.78, 5) is 24.8. The number of nitrogen functional groups attached to an aromatic ring is 1. The third-order valence-corrected chi connectivity index (χ3v) is 7.66. The van der Waals surface area contributed by atoms with Gasteiger partial charge in [-0.15, -0.1) is 0 Å². The molecule has 38 heavy (non-hydrogen) atoms. The van der Waals surface area contributed by atoms with Crippen LogP contribution in [0.2, 0.25) is 5.02 Å². The van der Waals surface area contributed by atoms with Gasteiger partial charge in [0.15, 0.2) is 0 Å². The zero-order chi connectivity index (χ0) is 26.6. The zero-order valence-electron chi connectivity index (χ0n) is 21.5. The maximum Gasteiger partial charge on any atom is 0.255 e. The molecule has 0 spiro atoms. The summed E-state index contributed by atoms with van der Waals surface area (Å²) in [6.45, 7) is 4.76. The molecule has 9 heteroatoms. The highest BCUT2D eigenvalue weighted by atomic mass is 35.5. The van der Waals surface area contributed by atoms with Crippen LogP contribution in [0.15, 0.2) is 36.7 Å². The predicted molar refractivity (Wildman–Crippen MR) is 145 cm³/mol. The Hall–Kier alpha value is -3.93. The molecule has 1 saturated carbocycles. The van der Waals surface area contributed by atoms with Gasteiger partial charge >= 0.3 is 0 Å². The van der Waals surface area contributed by atoms with Gasteiger partial charge in [0.05, 0.1) is 58.5 Å². The van der Waals surface area contributed by atoms with Gasteiger partial charge in [0.1, 0.15) is 5.82 Å². The van der Waals surface area contributed by atoms with Gasteiger partial charge in [-0.3, -0.25) is 14.5 Å². The lowest BCUT2D eigenvalue weighted by Gasteiger charge is -2.23. The molecule has 0 bridgehead atoms. The van der Waals surface area contributed by atoms with Crippen molar-refractivity contribution in [2.24, 2.45) is 7.05 Å². The van der Waals surface area contributed by atoms with Crippen LogP contribution in [-0.2, 0) is 24.9 Å². The summed E-state index contributed by atoms with van der Waals surface area (Å²) >= 11 is 6.62. The second-order valence-corrected chi connectivity index (χ2v) is 10.3. The van der Waals surface area contributed by atoms with Gasteiger partial charge in [-0.05, 0) is 56.5 Å². The van der Waals surface area contributed by atoms with Crippen LogP contribution in [0, 0.1) is 18.8 Å². The number of fused-ring (bicyclic) bond motifs is 3. The normalized spacial score (nSPS) is 16.3. The van der Waals surface area contributed by atoms with Gasteiger partial charge in [-0.2, -0.15) is 5.10 Å². The number of pyridine rings is 2. The molecule has 1 aromatic carbocycles. The fourth-order valence-corrected chi connectivity index (χ4v) is 5.13. The molecule has 4 heterocycles. The zero-order valence-corrected chi connectivity index (χ0v) is 22.2. The van der Waals surface area contributed by atoms with E-state index in [1.54, 1.807) is 23.1 Å². The number of rotatable bonds is 4. The molecule has 1 fully saturated rings. The molecule has 1 atom stereocenters. The number of aryl methyl sites for hydroxylation is 1. The molecule has 0 saturated heterocycles. The summed E-state index contributed by atoms with van der Waals surface area (Å²) in [5.41, 5.74) is 12.7. The monoisotopic (exact) mass is 526 g/mol. The Morgan fingerprint density at radius 1 is 1.26 bits per heavy atom. The molecule has 3 aromatic heterocycles. The maximum atomic E-state index is 13.8. The first-order valence-electron chi connectivity index (χ1n) is 12.6.